The molecule has 1 saturated heterocycles. The first-order valence-electron chi connectivity index (χ1n) is 7.52. The van der Waals surface area contributed by atoms with E-state index in [1.807, 2.05) is 14.1 Å². The summed E-state index contributed by atoms with van der Waals surface area (Å²) in [6.45, 7) is 12.3. The van der Waals surface area contributed by atoms with Crippen molar-refractivity contribution in [1.82, 2.24) is 31.1 Å². The zero-order valence-corrected chi connectivity index (χ0v) is 12.7. The minimum atomic E-state index is 1.05. The van der Waals surface area contributed by atoms with E-state index in [9.17, 15) is 0 Å². The Morgan fingerprint density at radius 1 is 0.684 bits per heavy atom. The van der Waals surface area contributed by atoms with E-state index in [-0.39, 0.29) is 0 Å². The highest BCUT2D eigenvalue weighted by atomic mass is 15.4. The van der Waals surface area contributed by atoms with Crippen molar-refractivity contribution in [3.05, 3.63) is 0 Å². The fraction of sp³-hybridized carbons (Fsp3) is 1.00. The van der Waals surface area contributed by atoms with Crippen LogP contribution in [-0.4, -0.2) is 96.0 Å². The van der Waals surface area contributed by atoms with Gasteiger partial charge in [-0.1, -0.05) is 0 Å². The van der Waals surface area contributed by atoms with Crippen LogP contribution in [0.1, 0.15) is 0 Å². The summed E-state index contributed by atoms with van der Waals surface area (Å²) in [5.74, 6) is 0. The lowest BCUT2D eigenvalue weighted by Gasteiger charge is -2.18. The Labute approximate surface area is 118 Å². The van der Waals surface area contributed by atoms with Crippen LogP contribution in [-0.2, 0) is 0 Å². The SMILES string of the molecule is CNCCNCCN1CCN(CCNCCNC)C1. The number of rotatable bonds is 12. The van der Waals surface area contributed by atoms with Crippen LogP contribution >= 0.6 is 0 Å². The third-order valence-corrected chi connectivity index (χ3v) is 3.45. The molecule has 1 rings (SSSR count). The lowest BCUT2D eigenvalue weighted by Crippen LogP contribution is -2.36. The Kier molecular flexibility index (Phi) is 10.2. The predicted molar refractivity (Wildman–Crippen MR) is 81.6 cm³/mol. The predicted octanol–water partition coefficient (Wildman–Crippen LogP) is -1.82. The molecule has 0 unspecified atom stereocenters. The van der Waals surface area contributed by atoms with Crippen molar-refractivity contribution < 1.29 is 0 Å². The van der Waals surface area contributed by atoms with Crippen LogP contribution in [0, 0.1) is 0 Å². The summed E-state index contributed by atoms with van der Waals surface area (Å²) in [6.07, 6.45) is 0. The second kappa shape index (κ2) is 11.6. The molecule has 1 heterocycles. The Morgan fingerprint density at radius 2 is 1.16 bits per heavy atom. The Bertz CT molecular complexity index is 182. The second-order valence-corrected chi connectivity index (χ2v) is 5.08. The standard InChI is InChI=1S/C13H32N6/c1-14-3-5-16-7-9-18-11-12-19(13-18)10-8-17-6-4-15-2/h14-17H,3-13H2,1-2H3. The maximum absolute atomic E-state index is 3.45. The molecule has 0 aliphatic carbocycles. The molecule has 19 heavy (non-hydrogen) atoms. The highest BCUT2D eigenvalue weighted by Gasteiger charge is 2.18. The topological polar surface area (TPSA) is 54.6 Å². The van der Waals surface area contributed by atoms with Crippen LogP contribution in [0.2, 0.25) is 0 Å². The van der Waals surface area contributed by atoms with E-state index < -0.39 is 0 Å². The molecule has 1 aliphatic heterocycles. The van der Waals surface area contributed by atoms with Crippen molar-refractivity contribution in [1.29, 1.82) is 0 Å². The lowest BCUT2D eigenvalue weighted by molar-refractivity contribution is 0.246. The third-order valence-electron chi connectivity index (χ3n) is 3.45. The van der Waals surface area contributed by atoms with Gasteiger partial charge in [0.15, 0.2) is 0 Å². The van der Waals surface area contributed by atoms with Gasteiger partial charge in [0, 0.05) is 65.4 Å². The summed E-state index contributed by atoms with van der Waals surface area (Å²) < 4.78 is 0. The monoisotopic (exact) mass is 272 g/mol. The van der Waals surface area contributed by atoms with Crippen LogP contribution in [0.15, 0.2) is 0 Å². The van der Waals surface area contributed by atoms with Gasteiger partial charge in [-0.2, -0.15) is 0 Å². The van der Waals surface area contributed by atoms with Gasteiger partial charge in [0.25, 0.3) is 0 Å². The smallest absolute Gasteiger partial charge is 0.0508 e. The first kappa shape index (κ1) is 16.8. The molecule has 6 nitrogen and oxygen atoms in total. The van der Waals surface area contributed by atoms with E-state index >= 15 is 0 Å². The summed E-state index contributed by atoms with van der Waals surface area (Å²) in [4.78, 5) is 5.06. The molecular weight excluding hydrogens is 240 g/mol. The molecule has 6 heteroatoms. The molecule has 4 N–H and O–H groups in total. The summed E-state index contributed by atoms with van der Waals surface area (Å²) in [5.41, 5.74) is 0. The zero-order valence-electron chi connectivity index (χ0n) is 12.7. The molecule has 0 aromatic rings. The minimum absolute atomic E-state index is 1.05. The van der Waals surface area contributed by atoms with E-state index in [4.69, 9.17) is 0 Å². The number of nitrogens with one attached hydrogen (secondary N) is 4. The van der Waals surface area contributed by atoms with E-state index in [1.54, 1.807) is 0 Å². The fourth-order valence-corrected chi connectivity index (χ4v) is 2.22. The van der Waals surface area contributed by atoms with Gasteiger partial charge < -0.3 is 21.3 Å². The highest BCUT2D eigenvalue weighted by Crippen LogP contribution is 2.02. The van der Waals surface area contributed by atoms with Crippen molar-refractivity contribution in [2.24, 2.45) is 0 Å². The van der Waals surface area contributed by atoms with Crippen molar-refractivity contribution in [3.8, 4) is 0 Å². The molecule has 1 aliphatic rings. The van der Waals surface area contributed by atoms with Gasteiger partial charge in [-0.25, -0.2) is 0 Å². The Hall–Kier alpha value is -0.240. The van der Waals surface area contributed by atoms with Gasteiger partial charge in [0.1, 0.15) is 0 Å². The Balaban J connectivity index is 1.91. The molecule has 0 atom stereocenters. The second-order valence-electron chi connectivity index (χ2n) is 5.08. The molecule has 0 bridgehead atoms. The minimum Gasteiger partial charge on any atom is -0.318 e. The average molecular weight is 272 g/mol. The molecule has 0 aromatic carbocycles. The van der Waals surface area contributed by atoms with Gasteiger partial charge in [0.2, 0.25) is 0 Å². The molecule has 0 saturated carbocycles. The third kappa shape index (κ3) is 8.52. The van der Waals surface area contributed by atoms with Crippen molar-refractivity contribution in [2.75, 3.05) is 86.2 Å². The maximum Gasteiger partial charge on any atom is 0.0508 e. The largest absolute Gasteiger partial charge is 0.318 e. The van der Waals surface area contributed by atoms with Crippen LogP contribution < -0.4 is 21.3 Å². The number of hydrogen-bond donors (Lipinski definition) is 4. The molecule has 0 radical (unpaired) electrons. The van der Waals surface area contributed by atoms with E-state index in [0.717, 1.165) is 59.0 Å². The zero-order chi connectivity index (χ0) is 13.8. The summed E-state index contributed by atoms with van der Waals surface area (Å²) in [6, 6.07) is 0. The molecule has 0 amide bonds. The van der Waals surface area contributed by atoms with Crippen LogP contribution in [0.3, 0.4) is 0 Å². The normalized spacial score (nSPS) is 17.4. The first-order chi connectivity index (χ1) is 9.36. The van der Waals surface area contributed by atoms with Gasteiger partial charge in [0.05, 0.1) is 6.67 Å². The number of nitrogens with zero attached hydrogens (tertiary/aromatic N) is 2. The maximum atomic E-state index is 3.45. The Morgan fingerprint density at radius 3 is 1.58 bits per heavy atom. The van der Waals surface area contributed by atoms with Gasteiger partial charge in [-0.15, -0.1) is 0 Å². The molecule has 1 fully saturated rings. The molecule has 114 valence electrons. The highest BCUT2D eigenvalue weighted by molar-refractivity contribution is 4.72. The van der Waals surface area contributed by atoms with E-state index in [1.165, 1.54) is 13.1 Å². The average Bonchev–Trinajstić information content (AvgIpc) is 2.86. The van der Waals surface area contributed by atoms with Crippen LogP contribution in [0.4, 0.5) is 0 Å². The number of likely N-dealkylation sites (N-methyl/N-ethyl adjacent to an activating group) is 2. The van der Waals surface area contributed by atoms with Crippen LogP contribution in [0.5, 0.6) is 0 Å². The quantitative estimate of drug-likeness (QED) is 0.314. The van der Waals surface area contributed by atoms with Crippen molar-refractivity contribution >= 4 is 0 Å². The van der Waals surface area contributed by atoms with Crippen LogP contribution in [0.25, 0.3) is 0 Å². The summed E-state index contributed by atoms with van der Waals surface area (Å²) in [5, 5.41) is 13.2. The van der Waals surface area contributed by atoms with Crippen molar-refractivity contribution in [3.63, 3.8) is 0 Å². The molecular formula is C13H32N6. The summed E-state index contributed by atoms with van der Waals surface area (Å²) in [7, 11) is 3.98. The van der Waals surface area contributed by atoms with Gasteiger partial charge in [-0.3, -0.25) is 9.80 Å². The van der Waals surface area contributed by atoms with E-state index in [0.29, 0.717) is 0 Å². The lowest BCUT2D eigenvalue weighted by atomic mass is 10.5. The van der Waals surface area contributed by atoms with Gasteiger partial charge >= 0.3 is 0 Å². The molecule has 0 aromatic heterocycles. The number of hydrogen-bond acceptors (Lipinski definition) is 6. The fourth-order valence-electron chi connectivity index (χ4n) is 2.22. The van der Waals surface area contributed by atoms with Gasteiger partial charge in [-0.05, 0) is 14.1 Å². The van der Waals surface area contributed by atoms with Crippen molar-refractivity contribution in [2.45, 2.75) is 0 Å². The summed E-state index contributed by atoms with van der Waals surface area (Å²) >= 11 is 0. The molecule has 0 spiro atoms. The van der Waals surface area contributed by atoms with E-state index in [2.05, 4.69) is 31.1 Å². The first-order valence-corrected chi connectivity index (χ1v) is 7.52.